The van der Waals surface area contributed by atoms with Gasteiger partial charge in [0.2, 0.25) is 5.91 Å². The standard InChI is InChI=1S/C19H19ClN4OS/c1-12-9-10-15(11-16(12)20)21-18(25)17(14-7-5-4-6-8-14)26-19-23-22-13(2)24(19)3/h4-11,17H,1-3H3,(H,21,25)/t17-/m1/s1. The van der Waals surface area contributed by atoms with E-state index in [4.69, 9.17) is 11.6 Å². The lowest BCUT2D eigenvalue weighted by atomic mass is 10.1. The minimum absolute atomic E-state index is 0.137. The highest BCUT2D eigenvalue weighted by molar-refractivity contribution is 8.00. The molecule has 7 heteroatoms. The number of rotatable bonds is 5. The molecule has 2 aromatic carbocycles. The van der Waals surface area contributed by atoms with Crippen LogP contribution in [0.15, 0.2) is 53.7 Å². The lowest BCUT2D eigenvalue weighted by Gasteiger charge is -2.17. The number of carbonyl (C=O) groups is 1. The van der Waals surface area contributed by atoms with Gasteiger partial charge in [-0.25, -0.2) is 0 Å². The number of hydrogen-bond donors (Lipinski definition) is 1. The minimum atomic E-state index is -0.460. The second-order valence-corrected chi connectivity index (χ2v) is 7.43. The SMILES string of the molecule is Cc1ccc(NC(=O)[C@H](Sc2nnc(C)n2C)c2ccccc2)cc1Cl. The molecule has 0 fully saturated rings. The summed E-state index contributed by atoms with van der Waals surface area (Å²) in [5.41, 5.74) is 2.53. The molecule has 1 amide bonds. The second-order valence-electron chi connectivity index (χ2n) is 5.95. The molecule has 0 radical (unpaired) electrons. The molecule has 0 aliphatic carbocycles. The number of nitrogens with one attached hydrogen (secondary N) is 1. The van der Waals surface area contributed by atoms with Crippen molar-refractivity contribution in [1.82, 2.24) is 14.8 Å². The number of nitrogens with zero attached hydrogens (tertiary/aromatic N) is 3. The van der Waals surface area contributed by atoms with Crippen LogP contribution in [0.1, 0.15) is 22.2 Å². The molecule has 1 atom stereocenters. The first-order chi connectivity index (χ1) is 12.5. The maximum Gasteiger partial charge on any atom is 0.242 e. The fourth-order valence-corrected chi connectivity index (χ4v) is 3.60. The van der Waals surface area contributed by atoms with Gasteiger partial charge >= 0.3 is 0 Å². The van der Waals surface area contributed by atoms with Gasteiger partial charge in [0.15, 0.2) is 5.16 Å². The topological polar surface area (TPSA) is 59.8 Å². The molecule has 0 saturated carbocycles. The molecule has 0 spiro atoms. The molecule has 0 aliphatic rings. The van der Waals surface area contributed by atoms with Crippen molar-refractivity contribution in [2.45, 2.75) is 24.3 Å². The molecule has 3 rings (SSSR count). The van der Waals surface area contributed by atoms with Gasteiger partial charge in [0, 0.05) is 17.8 Å². The Morgan fingerprint density at radius 3 is 2.50 bits per heavy atom. The lowest BCUT2D eigenvalue weighted by molar-refractivity contribution is -0.115. The number of aromatic nitrogens is 3. The molecule has 0 unspecified atom stereocenters. The van der Waals surface area contributed by atoms with Crippen molar-refractivity contribution in [3.8, 4) is 0 Å². The van der Waals surface area contributed by atoms with E-state index in [1.54, 1.807) is 6.07 Å². The summed E-state index contributed by atoms with van der Waals surface area (Å²) in [6.07, 6.45) is 0. The highest BCUT2D eigenvalue weighted by Crippen LogP contribution is 2.35. The molecule has 1 heterocycles. The average Bonchev–Trinajstić information content (AvgIpc) is 2.95. The van der Waals surface area contributed by atoms with Gasteiger partial charge in [0.25, 0.3) is 0 Å². The number of thioether (sulfide) groups is 1. The normalized spacial score (nSPS) is 12.0. The van der Waals surface area contributed by atoms with E-state index in [2.05, 4.69) is 15.5 Å². The maximum atomic E-state index is 13.0. The number of amides is 1. The summed E-state index contributed by atoms with van der Waals surface area (Å²) in [5.74, 6) is 0.659. The zero-order valence-corrected chi connectivity index (χ0v) is 16.3. The Balaban J connectivity index is 1.88. The Kier molecular flexibility index (Phi) is 5.64. The summed E-state index contributed by atoms with van der Waals surface area (Å²) >= 11 is 7.54. The van der Waals surface area contributed by atoms with E-state index in [0.29, 0.717) is 15.9 Å². The first-order valence-corrected chi connectivity index (χ1v) is 9.36. The van der Waals surface area contributed by atoms with Crippen molar-refractivity contribution in [1.29, 1.82) is 0 Å². The van der Waals surface area contributed by atoms with Crippen LogP contribution in [0.2, 0.25) is 5.02 Å². The molecule has 0 aliphatic heterocycles. The van der Waals surface area contributed by atoms with E-state index in [-0.39, 0.29) is 5.91 Å². The Labute approximate surface area is 161 Å². The van der Waals surface area contributed by atoms with E-state index in [0.717, 1.165) is 17.0 Å². The van der Waals surface area contributed by atoms with Gasteiger partial charge in [-0.05, 0) is 37.1 Å². The Morgan fingerprint density at radius 2 is 1.88 bits per heavy atom. The molecule has 3 aromatic rings. The Morgan fingerprint density at radius 1 is 1.15 bits per heavy atom. The molecule has 0 saturated heterocycles. The Bertz CT molecular complexity index is 927. The molecule has 1 aromatic heterocycles. The summed E-state index contributed by atoms with van der Waals surface area (Å²) in [7, 11) is 1.89. The lowest BCUT2D eigenvalue weighted by Crippen LogP contribution is -2.19. The predicted molar refractivity (Wildman–Crippen MR) is 106 cm³/mol. The molecule has 134 valence electrons. The van der Waals surface area contributed by atoms with Crippen LogP contribution in [0.5, 0.6) is 0 Å². The zero-order valence-electron chi connectivity index (χ0n) is 14.7. The summed E-state index contributed by atoms with van der Waals surface area (Å²) in [5, 5.41) is 12.0. The summed E-state index contributed by atoms with van der Waals surface area (Å²) in [4.78, 5) is 13.0. The first kappa shape index (κ1) is 18.5. The fourth-order valence-electron chi connectivity index (χ4n) is 2.37. The number of anilines is 1. The van der Waals surface area contributed by atoms with E-state index < -0.39 is 5.25 Å². The van der Waals surface area contributed by atoms with Crippen molar-refractivity contribution in [3.63, 3.8) is 0 Å². The van der Waals surface area contributed by atoms with Crippen LogP contribution in [0.4, 0.5) is 5.69 Å². The van der Waals surface area contributed by atoms with Crippen LogP contribution >= 0.6 is 23.4 Å². The van der Waals surface area contributed by atoms with Crippen molar-refractivity contribution in [2.24, 2.45) is 7.05 Å². The number of hydrogen-bond acceptors (Lipinski definition) is 4. The Hall–Kier alpha value is -2.31. The largest absolute Gasteiger partial charge is 0.325 e. The highest BCUT2D eigenvalue weighted by atomic mass is 35.5. The van der Waals surface area contributed by atoms with E-state index >= 15 is 0 Å². The fraction of sp³-hybridized carbons (Fsp3) is 0.211. The third kappa shape index (κ3) is 4.08. The van der Waals surface area contributed by atoms with E-state index in [1.165, 1.54) is 11.8 Å². The number of carbonyl (C=O) groups excluding carboxylic acids is 1. The quantitative estimate of drug-likeness (QED) is 0.653. The van der Waals surface area contributed by atoms with Crippen LogP contribution in [0.25, 0.3) is 0 Å². The van der Waals surface area contributed by atoms with Gasteiger partial charge < -0.3 is 9.88 Å². The molecular formula is C19H19ClN4OS. The van der Waals surface area contributed by atoms with Gasteiger partial charge in [-0.2, -0.15) is 0 Å². The van der Waals surface area contributed by atoms with Crippen LogP contribution in [-0.4, -0.2) is 20.7 Å². The van der Waals surface area contributed by atoms with Crippen molar-refractivity contribution in [2.75, 3.05) is 5.32 Å². The molecule has 26 heavy (non-hydrogen) atoms. The third-order valence-corrected chi connectivity index (χ3v) is 5.75. The molecule has 5 nitrogen and oxygen atoms in total. The predicted octanol–water partition coefficient (Wildman–Crippen LogP) is 4.56. The zero-order chi connectivity index (χ0) is 18.7. The van der Waals surface area contributed by atoms with Crippen LogP contribution < -0.4 is 5.32 Å². The number of halogens is 1. The van der Waals surface area contributed by atoms with E-state index in [9.17, 15) is 4.79 Å². The number of benzene rings is 2. The van der Waals surface area contributed by atoms with Crippen molar-refractivity contribution >= 4 is 35.0 Å². The van der Waals surface area contributed by atoms with Gasteiger partial charge in [0.05, 0.1) is 0 Å². The van der Waals surface area contributed by atoms with Crippen LogP contribution in [0, 0.1) is 13.8 Å². The summed E-state index contributed by atoms with van der Waals surface area (Å²) < 4.78 is 1.87. The minimum Gasteiger partial charge on any atom is -0.325 e. The second kappa shape index (κ2) is 7.93. The molecule has 1 N–H and O–H groups in total. The van der Waals surface area contributed by atoms with Gasteiger partial charge in [-0.1, -0.05) is 59.8 Å². The molecule has 0 bridgehead atoms. The van der Waals surface area contributed by atoms with Crippen molar-refractivity contribution < 1.29 is 4.79 Å². The third-order valence-electron chi connectivity index (χ3n) is 4.06. The smallest absolute Gasteiger partial charge is 0.242 e. The van der Waals surface area contributed by atoms with Crippen LogP contribution in [-0.2, 0) is 11.8 Å². The average molecular weight is 387 g/mol. The van der Waals surface area contributed by atoms with Crippen molar-refractivity contribution in [3.05, 3.63) is 70.5 Å². The maximum absolute atomic E-state index is 13.0. The van der Waals surface area contributed by atoms with Gasteiger partial charge in [-0.15, -0.1) is 10.2 Å². The first-order valence-electron chi connectivity index (χ1n) is 8.10. The summed E-state index contributed by atoms with van der Waals surface area (Å²) in [6, 6.07) is 15.1. The van der Waals surface area contributed by atoms with E-state index in [1.807, 2.05) is 67.9 Å². The van der Waals surface area contributed by atoms with Gasteiger partial charge in [0.1, 0.15) is 11.1 Å². The summed E-state index contributed by atoms with van der Waals surface area (Å²) in [6.45, 7) is 3.80. The highest BCUT2D eigenvalue weighted by Gasteiger charge is 2.24. The monoisotopic (exact) mass is 386 g/mol. The van der Waals surface area contributed by atoms with Gasteiger partial charge in [-0.3, -0.25) is 4.79 Å². The number of aryl methyl sites for hydroxylation is 2. The van der Waals surface area contributed by atoms with Crippen LogP contribution in [0.3, 0.4) is 0 Å². The molecular weight excluding hydrogens is 368 g/mol.